The maximum absolute atomic E-state index is 10.2. The first kappa shape index (κ1) is 44.3. The van der Waals surface area contributed by atoms with E-state index in [1.165, 1.54) is 12.4 Å². The molecule has 312 valence electrons. The number of hydrogen-bond donors (Lipinski definition) is 3. The van der Waals surface area contributed by atoms with Gasteiger partial charge in [0.05, 0.1) is 53.1 Å². The Morgan fingerprint density at radius 2 is 1.53 bits per heavy atom. The largest absolute Gasteiger partial charge is 0.493 e. The van der Waals surface area contributed by atoms with Crippen LogP contribution in [0.1, 0.15) is 51.8 Å². The third kappa shape index (κ3) is 11.7. The van der Waals surface area contributed by atoms with Crippen LogP contribution in [-0.4, -0.2) is 93.2 Å². The molecule has 0 aliphatic carbocycles. The number of nitrogens with zero attached hydrogens (tertiary/aromatic N) is 6. The van der Waals surface area contributed by atoms with Crippen molar-refractivity contribution in [1.29, 1.82) is 10.5 Å². The summed E-state index contributed by atoms with van der Waals surface area (Å²) in [5.41, 5.74) is 6.51. The molecule has 14 heteroatoms. The van der Waals surface area contributed by atoms with E-state index < -0.39 is 6.04 Å². The number of halogens is 2. The van der Waals surface area contributed by atoms with Gasteiger partial charge in [-0.15, -0.1) is 0 Å². The third-order valence-corrected chi connectivity index (χ3v) is 11.3. The van der Waals surface area contributed by atoms with Crippen LogP contribution in [0.25, 0.3) is 11.1 Å². The minimum Gasteiger partial charge on any atom is -0.493 e. The van der Waals surface area contributed by atoms with Gasteiger partial charge in [-0.1, -0.05) is 53.5 Å². The molecular formula is C46H48Cl2N6O6. The molecule has 0 spiro atoms. The van der Waals surface area contributed by atoms with E-state index in [-0.39, 0.29) is 39.1 Å². The molecule has 3 heterocycles. The average Bonchev–Trinajstić information content (AvgIpc) is 3.69. The average molecular weight is 852 g/mol. The van der Waals surface area contributed by atoms with Crippen LogP contribution in [-0.2, 0) is 26.2 Å². The minimum atomic E-state index is -0.600. The number of hydrogen-bond acceptors (Lipinski definition) is 12. The zero-order chi connectivity index (χ0) is 42.4. The number of nitriles is 2. The summed E-state index contributed by atoms with van der Waals surface area (Å²) in [7, 11) is 0. The van der Waals surface area contributed by atoms with Crippen molar-refractivity contribution in [2.45, 2.75) is 58.1 Å². The standard InChI is InChI=1S/C46H48Cl2N6O6/c1-31-40(6-3-8-43(31)58-14-4-11-53-12-10-39(57)26-53)41-7-2-5-36(46(41)48)30-60-45-18-44(59-29-35-16-34(20-50)23-52-24-35)37(17-42(45)47)25-54(38(27-55)28-56)13-9-32-15-33(19-49)22-51-21-32/h2-3,5-8,15-18,21-24,38-39,55-57H,4,9-14,25-30H2,1H3. The minimum absolute atomic E-state index is 0.0885. The molecule has 60 heavy (non-hydrogen) atoms. The number of ether oxygens (including phenoxy) is 3. The number of pyridine rings is 2. The summed E-state index contributed by atoms with van der Waals surface area (Å²) in [6.07, 6.45) is 8.22. The molecule has 0 amide bonds. The Hall–Kier alpha value is -5.28. The second-order valence-electron chi connectivity index (χ2n) is 14.7. The van der Waals surface area contributed by atoms with Crippen molar-refractivity contribution in [1.82, 2.24) is 19.8 Å². The topological polar surface area (TPSA) is 168 Å². The lowest BCUT2D eigenvalue weighted by Gasteiger charge is -2.30. The number of β-amino-alcohol motifs (C(OH)–C–C–N with tert-alkyl or cyclic N) is 1. The van der Waals surface area contributed by atoms with Crippen LogP contribution in [0.2, 0.25) is 10.0 Å². The number of rotatable bonds is 20. The Morgan fingerprint density at radius 1 is 0.833 bits per heavy atom. The highest BCUT2D eigenvalue weighted by Gasteiger charge is 2.23. The lowest BCUT2D eigenvalue weighted by molar-refractivity contribution is 0.0686. The molecule has 1 saturated heterocycles. The zero-order valence-corrected chi connectivity index (χ0v) is 34.9. The summed E-state index contributed by atoms with van der Waals surface area (Å²) in [4.78, 5) is 12.5. The molecule has 1 unspecified atom stereocenters. The highest BCUT2D eigenvalue weighted by molar-refractivity contribution is 6.34. The highest BCUT2D eigenvalue weighted by atomic mass is 35.5. The highest BCUT2D eigenvalue weighted by Crippen LogP contribution is 2.38. The molecule has 5 aromatic rings. The monoisotopic (exact) mass is 850 g/mol. The van der Waals surface area contributed by atoms with Crippen molar-refractivity contribution in [2.24, 2.45) is 0 Å². The summed E-state index contributed by atoms with van der Waals surface area (Å²) in [6.45, 7) is 5.32. The van der Waals surface area contributed by atoms with Gasteiger partial charge in [0.15, 0.2) is 0 Å². The maximum atomic E-state index is 10.2. The fourth-order valence-corrected chi connectivity index (χ4v) is 7.72. The Labute approximate surface area is 360 Å². The van der Waals surface area contributed by atoms with Gasteiger partial charge in [-0.05, 0) is 67.1 Å². The molecule has 1 aliphatic rings. The van der Waals surface area contributed by atoms with Gasteiger partial charge in [-0.25, -0.2) is 0 Å². The van der Waals surface area contributed by atoms with E-state index in [0.29, 0.717) is 69.9 Å². The van der Waals surface area contributed by atoms with Gasteiger partial charge in [0.25, 0.3) is 0 Å². The molecule has 1 atom stereocenters. The SMILES string of the molecule is Cc1c(OCCCN2CCC(O)C2)cccc1-c1cccc(COc2cc(OCc3cncc(C#N)c3)c(CN(CCc3cncc(C#N)c3)C(CO)CO)cc2Cl)c1Cl. The van der Waals surface area contributed by atoms with Gasteiger partial charge in [0, 0.05) is 85.8 Å². The van der Waals surface area contributed by atoms with Gasteiger partial charge in [0.1, 0.15) is 42.6 Å². The summed E-state index contributed by atoms with van der Waals surface area (Å²) >= 11 is 14.0. The van der Waals surface area contributed by atoms with E-state index in [0.717, 1.165) is 59.5 Å². The first-order valence-electron chi connectivity index (χ1n) is 19.8. The maximum Gasteiger partial charge on any atom is 0.142 e. The summed E-state index contributed by atoms with van der Waals surface area (Å²) < 4.78 is 18.9. The van der Waals surface area contributed by atoms with E-state index in [1.54, 1.807) is 36.7 Å². The van der Waals surface area contributed by atoms with Gasteiger partial charge >= 0.3 is 0 Å². The van der Waals surface area contributed by atoms with Crippen LogP contribution in [0.15, 0.2) is 85.5 Å². The van der Waals surface area contributed by atoms with Crippen LogP contribution in [0, 0.1) is 29.6 Å². The van der Waals surface area contributed by atoms with Crippen LogP contribution < -0.4 is 14.2 Å². The van der Waals surface area contributed by atoms with Crippen LogP contribution in [0.3, 0.4) is 0 Å². The molecule has 0 saturated carbocycles. The van der Waals surface area contributed by atoms with Gasteiger partial charge in [-0.2, -0.15) is 10.5 Å². The predicted molar refractivity (Wildman–Crippen MR) is 229 cm³/mol. The first-order chi connectivity index (χ1) is 29.2. The summed E-state index contributed by atoms with van der Waals surface area (Å²) in [6, 6.07) is 22.2. The third-order valence-electron chi connectivity index (χ3n) is 10.5. The van der Waals surface area contributed by atoms with Crippen molar-refractivity contribution >= 4 is 23.2 Å². The van der Waals surface area contributed by atoms with Crippen LogP contribution in [0.5, 0.6) is 17.2 Å². The van der Waals surface area contributed by atoms with E-state index >= 15 is 0 Å². The van der Waals surface area contributed by atoms with Crippen LogP contribution >= 0.6 is 23.2 Å². The molecule has 1 aliphatic heterocycles. The fourth-order valence-electron chi connectivity index (χ4n) is 7.19. The van der Waals surface area contributed by atoms with Crippen molar-refractivity contribution < 1.29 is 29.5 Å². The normalized spacial score (nSPS) is 14.0. The molecule has 6 rings (SSSR count). The molecule has 3 aromatic carbocycles. The Morgan fingerprint density at radius 3 is 2.25 bits per heavy atom. The van der Waals surface area contributed by atoms with Crippen molar-refractivity contribution in [3.8, 4) is 40.5 Å². The lowest BCUT2D eigenvalue weighted by atomic mass is 9.98. The molecule has 0 radical (unpaired) electrons. The second kappa shape index (κ2) is 21.8. The molecule has 1 fully saturated rings. The summed E-state index contributed by atoms with van der Waals surface area (Å²) in [5, 5.41) is 49.9. The number of likely N-dealkylation sites (tertiary alicyclic amines) is 1. The fraction of sp³-hybridized carbons (Fsp3) is 0.348. The van der Waals surface area contributed by atoms with E-state index in [1.807, 2.05) is 48.2 Å². The second-order valence-corrected chi connectivity index (χ2v) is 15.5. The molecular weight excluding hydrogens is 803 g/mol. The van der Waals surface area contributed by atoms with E-state index in [9.17, 15) is 25.8 Å². The van der Waals surface area contributed by atoms with Crippen molar-refractivity contribution in [3.05, 3.63) is 134 Å². The van der Waals surface area contributed by atoms with E-state index in [4.69, 9.17) is 37.4 Å². The zero-order valence-electron chi connectivity index (χ0n) is 33.4. The molecule has 2 aromatic heterocycles. The van der Waals surface area contributed by atoms with Crippen molar-refractivity contribution in [3.63, 3.8) is 0 Å². The molecule has 12 nitrogen and oxygen atoms in total. The predicted octanol–water partition coefficient (Wildman–Crippen LogP) is 6.89. The number of aliphatic hydroxyl groups is 3. The molecule has 3 N–H and O–H groups in total. The summed E-state index contributed by atoms with van der Waals surface area (Å²) in [5.74, 6) is 1.58. The van der Waals surface area contributed by atoms with Crippen LogP contribution in [0.4, 0.5) is 0 Å². The quantitative estimate of drug-likeness (QED) is 0.0695. The molecule has 0 bridgehead atoms. The number of aliphatic hydroxyl groups excluding tert-OH is 3. The number of benzene rings is 3. The van der Waals surface area contributed by atoms with Gasteiger partial charge in [-0.3, -0.25) is 14.9 Å². The Balaban J connectivity index is 1.21. The first-order valence-corrected chi connectivity index (χ1v) is 20.6. The number of aromatic nitrogens is 2. The lowest BCUT2D eigenvalue weighted by Crippen LogP contribution is -2.41. The Kier molecular flexibility index (Phi) is 16.1. The van der Waals surface area contributed by atoms with Crippen molar-refractivity contribution in [2.75, 3.05) is 46.0 Å². The van der Waals surface area contributed by atoms with Gasteiger partial charge in [0.2, 0.25) is 0 Å². The van der Waals surface area contributed by atoms with Gasteiger partial charge < -0.3 is 34.4 Å². The Bertz CT molecular complexity index is 2310. The smallest absolute Gasteiger partial charge is 0.142 e. The van der Waals surface area contributed by atoms with E-state index in [2.05, 4.69) is 27.0 Å².